The minimum atomic E-state index is -0.320. The summed E-state index contributed by atoms with van der Waals surface area (Å²) in [5, 5.41) is 8.93. The summed E-state index contributed by atoms with van der Waals surface area (Å²) in [6.07, 6.45) is 5.06. The summed E-state index contributed by atoms with van der Waals surface area (Å²) < 4.78 is 22.2. The number of aliphatic hydroxyl groups excluding tert-OH is 1. The topological polar surface area (TPSA) is 94.5 Å². The number of carbonyl (C=O) groups is 2. The van der Waals surface area contributed by atoms with Gasteiger partial charge in [-0.2, -0.15) is 0 Å². The van der Waals surface area contributed by atoms with Crippen molar-refractivity contribution in [2.24, 2.45) is 0 Å². The maximum Gasteiger partial charge on any atom is 0.302 e. The molecule has 1 aliphatic heterocycles. The summed E-state index contributed by atoms with van der Waals surface area (Å²) in [5.74, 6) is -0.129. The van der Waals surface area contributed by atoms with E-state index in [2.05, 4.69) is 0 Å². The van der Waals surface area contributed by atoms with Crippen LogP contribution >= 0.6 is 0 Å². The molecule has 8 heteroatoms. The first-order valence-corrected chi connectivity index (χ1v) is 11.3. The van der Waals surface area contributed by atoms with Crippen LogP contribution in [0.15, 0.2) is 0 Å². The highest BCUT2D eigenvalue weighted by Crippen LogP contribution is 2.20. The number of nitrogens with zero attached hydrogens (tertiary/aromatic N) is 1. The second kappa shape index (κ2) is 16.5. The lowest BCUT2D eigenvalue weighted by Gasteiger charge is -2.31. The number of rotatable bonds is 16. The van der Waals surface area contributed by atoms with Gasteiger partial charge in [0.05, 0.1) is 39.1 Å². The highest BCUT2D eigenvalue weighted by Gasteiger charge is 2.26. The van der Waals surface area contributed by atoms with E-state index in [1.807, 2.05) is 18.7 Å². The molecule has 0 saturated carbocycles. The van der Waals surface area contributed by atoms with Crippen LogP contribution in [0.3, 0.4) is 0 Å². The van der Waals surface area contributed by atoms with Crippen molar-refractivity contribution in [2.75, 3.05) is 46.2 Å². The number of carbonyl (C=O) groups excluding carboxylic acids is 2. The van der Waals surface area contributed by atoms with Crippen LogP contribution in [0.4, 0.5) is 0 Å². The van der Waals surface area contributed by atoms with Crippen LogP contribution in [0.2, 0.25) is 0 Å². The summed E-state index contributed by atoms with van der Waals surface area (Å²) in [7, 11) is 0. The molecule has 30 heavy (non-hydrogen) atoms. The fourth-order valence-electron chi connectivity index (χ4n) is 3.72. The second-order valence-corrected chi connectivity index (χ2v) is 7.78. The van der Waals surface area contributed by atoms with Crippen LogP contribution in [0.1, 0.15) is 65.7 Å². The number of esters is 1. The van der Waals surface area contributed by atoms with Crippen molar-refractivity contribution in [3.63, 3.8) is 0 Å². The number of aliphatic hydroxyl groups is 1. The van der Waals surface area contributed by atoms with Crippen molar-refractivity contribution in [1.82, 2.24) is 4.90 Å². The molecule has 1 fully saturated rings. The largest absolute Gasteiger partial charge is 0.462 e. The Bertz CT molecular complexity index is 474. The Morgan fingerprint density at radius 3 is 2.57 bits per heavy atom. The summed E-state index contributed by atoms with van der Waals surface area (Å²) in [6.45, 7) is 8.32. The highest BCUT2D eigenvalue weighted by atomic mass is 16.6. The van der Waals surface area contributed by atoms with E-state index in [1.165, 1.54) is 6.92 Å². The number of ether oxygens (including phenoxy) is 4. The van der Waals surface area contributed by atoms with Crippen LogP contribution in [-0.4, -0.2) is 86.3 Å². The van der Waals surface area contributed by atoms with Crippen molar-refractivity contribution in [3.05, 3.63) is 0 Å². The number of likely N-dealkylation sites (tertiary alicyclic amines) is 1. The average Bonchev–Trinajstić information content (AvgIpc) is 2.92. The van der Waals surface area contributed by atoms with Gasteiger partial charge in [0.25, 0.3) is 0 Å². The van der Waals surface area contributed by atoms with Crippen LogP contribution in [0, 0.1) is 0 Å². The molecule has 1 N–H and O–H groups in total. The number of hydrogen-bond donors (Lipinski definition) is 1. The molecule has 1 aliphatic rings. The van der Waals surface area contributed by atoms with Gasteiger partial charge in [0.1, 0.15) is 6.10 Å². The minimum absolute atomic E-state index is 0.0166. The molecule has 8 nitrogen and oxygen atoms in total. The minimum Gasteiger partial charge on any atom is -0.462 e. The van der Waals surface area contributed by atoms with Gasteiger partial charge in [-0.1, -0.05) is 6.42 Å². The second-order valence-electron chi connectivity index (χ2n) is 7.78. The molecule has 3 unspecified atom stereocenters. The molecule has 0 aromatic rings. The summed E-state index contributed by atoms with van der Waals surface area (Å²) in [6, 6.07) is 0.0166. The van der Waals surface area contributed by atoms with Gasteiger partial charge in [-0.3, -0.25) is 9.59 Å². The zero-order valence-electron chi connectivity index (χ0n) is 19.0. The van der Waals surface area contributed by atoms with Crippen molar-refractivity contribution in [1.29, 1.82) is 0 Å². The molecule has 0 aromatic heterocycles. The third kappa shape index (κ3) is 11.8. The Balaban J connectivity index is 2.60. The van der Waals surface area contributed by atoms with E-state index >= 15 is 0 Å². The zero-order chi connectivity index (χ0) is 22.2. The SMILES string of the molecule is CCOCCOC(CCC(CC(C)N1CCCCCC1=O)OC(C)=O)COCCO. The predicted octanol–water partition coefficient (Wildman–Crippen LogP) is 2.31. The summed E-state index contributed by atoms with van der Waals surface area (Å²) >= 11 is 0. The van der Waals surface area contributed by atoms with Crippen molar-refractivity contribution < 1.29 is 33.6 Å². The monoisotopic (exact) mass is 431 g/mol. The van der Waals surface area contributed by atoms with Crippen molar-refractivity contribution in [2.45, 2.75) is 84.0 Å². The molecule has 3 atom stereocenters. The van der Waals surface area contributed by atoms with E-state index in [0.717, 1.165) is 25.8 Å². The molecule has 0 spiro atoms. The maximum absolute atomic E-state index is 12.4. The average molecular weight is 432 g/mol. The molecule has 1 rings (SSSR count). The predicted molar refractivity (Wildman–Crippen MR) is 113 cm³/mol. The molecule has 0 aliphatic carbocycles. The first-order chi connectivity index (χ1) is 14.5. The Kier molecular flexibility index (Phi) is 14.7. The van der Waals surface area contributed by atoms with Crippen LogP contribution in [0.5, 0.6) is 0 Å². The van der Waals surface area contributed by atoms with E-state index in [1.54, 1.807) is 0 Å². The molecular formula is C22H41NO7. The lowest BCUT2D eigenvalue weighted by molar-refractivity contribution is -0.148. The Morgan fingerprint density at radius 2 is 1.87 bits per heavy atom. The van der Waals surface area contributed by atoms with E-state index in [0.29, 0.717) is 52.1 Å². The van der Waals surface area contributed by atoms with Crippen molar-refractivity contribution >= 4 is 11.9 Å². The normalized spacial score (nSPS) is 18.0. The summed E-state index contributed by atoms with van der Waals surface area (Å²) in [4.78, 5) is 26.0. The van der Waals surface area contributed by atoms with Gasteiger partial charge in [0.15, 0.2) is 0 Å². The van der Waals surface area contributed by atoms with Crippen LogP contribution < -0.4 is 0 Å². The molecule has 1 amide bonds. The quantitative estimate of drug-likeness (QED) is 0.296. The standard InChI is InChI=1S/C22H41NO7/c1-4-27-14-15-29-21(17-28-13-12-24)10-9-20(30-19(3)25)16-18(2)23-11-7-5-6-8-22(23)26/h18,20-21,24H,4-17H2,1-3H3. The van der Waals surface area contributed by atoms with E-state index in [9.17, 15) is 9.59 Å². The molecule has 1 heterocycles. The maximum atomic E-state index is 12.4. The van der Waals surface area contributed by atoms with Gasteiger partial charge in [-0.25, -0.2) is 0 Å². The third-order valence-electron chi connectivity index (χ3n) is 5.21. The molecule has 0 aromatic carbocycles. The van der Waals surface area contributed by atoms with Gasteiger partial charge in [-0.15, -0.1) is 0 Å². The first-order valence-electron chi connectivity index (χ1n) is 11.3. The highest BCUT2D eigenvalue weighted by molar-refractivity contribution is 5.76. The Morgan fingerprint density at radius 1 is 1.10 bits per heavy atom. The fourth-order valence-corrected chi connectivity index (χ4v) is 3.72. The molecule has 176 valence electrons. The lowest BCUT2D eigenvalue weighted by Crippen LogP contribution is -2.41. The van der Waals surface area contributed by atoms with Crippen LogP contribution in [0.25, 0.3) is 0 Å². The van der Waals surface area contributed by atoms with Crippen LogP contribution in [-0.2, 0) is 28.5 Å². The van der Waals surface area contributed by atoms with Gasteiger partial charge in [-0.05, 0) is 39.5 Å². The molecule has 1 saturated heterocycles. The van der Waals surface area contributed by atoms with Gasteiger partial charge in [0.2, 0.25) is 5.91 Å². The molecular weight excluding hydrogens is 390 g/mol. The first kappa shape index (κ1) is 26.8. The molecule has 0 radical (unpaired) electrons. The lowest BCUT2D eigenvalue weighted by atomic mass is 10.0. The van der Waals surface area contributed by atoms with E-state index in [4.69, 9.17) is 24.1 Å². The van der Waals surface area contributed by atoms with Crippen molar-refractivity contribution in [3.8, 4) is 0 Å². The zero-order valence-corrected chi connectivity index (χ0v) is 19.0. The number of hydrogen-bond acceptors (Lipinski definition) is 7. The van der Waals surface area contributed by atoms with Gasteiger partial charge in [0, 0.05) is 39.0 Å². The van der Waals surface area contributed by atoms with Gasteiger partial charge >= 0.3 is 5.97 Å². The Hall–Kier alpha value is -1.22. The molecule has 0 bridgehead atoms. The van der Waals surface area contributed by atoms with E-state index < -0.39 is 0 Å². The fraction of sp³-hybridized carbons (Fsp3) is 0.909. The number of amides is 1. The van der Waals surface area contributed by atoms with E-state index in [-0.39, 0.29) is 43.3 Å². The third-order valence-corrected chi connectivity index (χ3v) is 5.21. The summed E-state index contributed by atoms with van der Waals surface area (Å²) in [5.41, 5.74) is 0. The Labute approximate surface area is 181 Å². The smallest absolute Gasteiger partial charge is 0.302 e. The van der Waals surface area contributed by atoms with Gasteiger partial charge < -0.3 is 29.0 Å².